The molecule has 11 nitrogen and oxygen atoms in total. The van der Waals surface area contributed by atoms with Gasteiger partial charge in [0.15, 0.2) is 6.29 Å². The molecule has 1 saturated heterocycles. The molecule has 6 N–H and O–H groups in total. The minimum Gasteiger partial charge on any atom is -0.466 e. The Hall–Kier alpha value is -2.64. The largest absolute Gasteiger partial charge is 0.466 e. The number of amides is 1. The summed E-state index contributed by atoms with van der Waals surface area (Å²) in [6.45, 7) is 4.29. The summed E-state index contributed by atoms with van der Waals surface area (Å²) < 4.78 is 16.7. The van der Waals surface area contributed by atoms with Gasteiger partial charge in [-0.1, -0.05) is 248 Å². The molecule has 0 aromatic carbocycles. The van der Waals surface area contributed by atoms with E-state index in [0.29, 0.717) is 19.4 Å². The van der Waals surface area contributed by atoms with Gasteiger partial charge in [-0.05, 0) is 96.3 Å². The number of nitrogens with one attached hydrogen (secondary N) is 1. The molecular formula is C68H123NO10. The molecule has 0 bridgehead atoms. The Morgan fingerprint density at radius 3 is 1.37 bits per heavy atom. The van der Waals surface area contributed by atoms with E-state index in [4.69, 9.17) is 14.2 Å². The Morgan fingerprint density at radius 1 is 0.468 bits per heavy atom. The lowest BCUT2D eigenvalue weighted by atomic mass is 9.99. The second kappa shape index (κ2) is 57.2. The van der Waals surface area contributed by atoms with Crippen molar-refractivity contribution in [2.24, 2.45) is 0 Å². The van der Waals surface area contributed by atoms with E-state index >= 15 is 0 Å². The number of aliphatic hydroxyl groups excluding tert-OH is 5. The number of unbranched alkanes of at least 4 members (excludes halogenated alkanes) is 35. The fourth-order valence-corrected chi connectivity index (χ4v) is 10.1. The molecule has 1 aliphatic heterocycles. The van der Waals surface area contributed by atoms with Crippen molar-refractivity contribution in [2.45, 2.75) is 339 Å². The summed E-state index contributed by atoms with van der Waals surface area (Å²) in [4.78, 5) is 25.1. The number of rotatable bonds is 57. The Morgan fingerprint density at radius 2 is 0.873 bits per heavy atom. The molecule has 79 heavy (non-hydrogen) atoms. The quantitative estimate of drug-likeness (QED) is 0.0195. The highest BCUT2D eigenvalue weighted by atomic mass is 16.7. The van der Waals surface area contributed by atoms with Crippen LogP contribution in [0.1, 0.15) is 296 Å². The molecule has 1 amide bonds. The average Bonchev–Trinajstić information content (AvgIpc) is 3.46. The lowest BCUT2D eigenvalue weighted by molar-refractivity contribution is -0.302. The van der Waals surface area contributed by atoms with Gasteiger partial charge in [0.05, 0.1) is 32.0 Å². The first-order chi connectivity index (χ1) is 38.7. The van der Waals surface area contributed by atoms with Gasteiger partial charge in [0.2, 0.25) is 5.91 Å². The van der Waals surface area contributed by atoms with Crippen LogP contribution in [0.3, 0.4) is 0 Å². The van der Waals surface area contributed by atoms with Crippen molar-refractivity contribution in [3.05, 3.63) is 60.8 Å². The van der Waals surface area contributed by atoms with Crippen molar-refractivity contribution in [2.75, 3.05) is 19.8 Å². The summed E-state index contributed by atoms with van der Waals surface area (Å²) in [5, 5.41) is 54.5. The summed E-state index contributed by atoms with van der Waals surface area (Å²) in [5.41, 5.74) is 0. The zero-order chi connectivity index (χ0) is 57.3. The molecule has 0 aromatic rings. The van der Waals surface area contributed by atoms with Gasteiger partial charge in [0, 0.05) is 12.8 Å². The topological polar surface area (TPSA) is 175 Å². The van der Waals surface area contributed by atoms with Gasteiger partial charge in [-0.15, -0.1) is 0 Å². The Kier molecular flexibility index (Phi) is 53.8. The van der Waals surface area contributed by atoms with Gasteiger partial charge in [0.1, 0.15) is 24.4 Å². The summed E-state index contributed by atoms with van der Waals surface area (Å²) in [6, 6.07) is -0.834. The highest BCUT2D eigenvalue weighted by Crippen LogP contribution is 2.23. The van der Waals surface area contributed by atoms with Crippen LogP contribution >= 0.6 is 0 Å². The number of esters is 1. The number of ether oxygens (including phenoxy) is 3. The van der Waals surface area contributed by atoms with Gasteiger partial charge in [0.25, 0.3) is 0 Å². The van der Waals surface area contributed by atoms with Crippen LogP contribution in [0.15, 0.2) is 60.8 Å². The number of hydrogen-bond donors (Lipinski definition) is 6. The normalized spacial score (nSPS) is 18.8. The van der Waals surface area contributed by atoms with Crippen molar-refractivity contribution in [1.82, 2.24) is 5.32 Å². The van der Waals surface area contributed by atoms with Gasteiger partial charge in [-0.2, -0.15) is 0 Å². The molecule has 460 valence electrons. The zero-order valence-electron chi connectivity index (χ0n) is 50.8. The monoisotopic (exact) mass is 1110 g/mol. The van der Waals surface area contributed by atoms with Crippen molar-refractivity contribution in [3.8, 4) is 0 Å². The summed E-state index contributed by atoms with van der Waals surface area (Å²) in [6.07, 6.45) is 64.7. The highest BCUT2D eigenvalue weighted by molar-refractivity contribution is 5.76. The molecule has 1 fully saturated rings. The molecule has 0 aromatic heterocycles. The third-order valence-corrected chi connectivity index (χ3v) is 15.3. The molecule has 0 saturated carbocycles. The van der Waals surface area contributed by atoms with Crippen LogP contribution in [0.25, 0.3) is 0 Å². The number of carbonyl (C=O) groups is 2. The predicted molar refractivity (Wildman–Crippen MR) is 329 cm³/mol. The maximum Gasteiger partial charge on any atom is 0.305 e. The second-order valence-corrected chi connectivity index (χ2v) is 22.8. The van der Waals surface area contributed by atoms with E-state index in [2.05, 4.69) is 67.8 Å². The number of hydrogen-bond acceptors (Lipinski definition) is 10. The van der Waals surface area contributed by atoms with E-state index in [-0.39, 0.29) is 18.5 Å². The van der Waals surface area contributed by atoms with Crippen LogP contribution in [0.2, 0.25) is 0 Å². The van der Waals surface area contributed by atoms with Crippen LogP contribution in [0, 0.1) is 0 Å². The molecule has 1 heterocycles. The molecule has 11 heteroatoms. The van der Waals surface area contributed by atoms with Crippen LogP contribution in [0.4, 0.5) is 0 Å². The molecular weight excluding hydrogens is 991 g/mol. The van der Waals surface area contributed by atoms with Gasteiger partial charge >= 0.3 is 5.97 Å². The summed E-state index contributed by atoms with van der Waals surface area (Å²) in [5.74, 6) is -0.211. The molecule has 0 aliphatic carbocycles. The van der Waals surface area contributed by atoms with E-state index < -0.39 is 49.5 Å². The minimum atomic E-state index is -1.58. The number of carbonyl (C=O) groups excluding carboxylic acids is 2. The smallest absolute Gasteiger partial charge is 0.305 e. The summed E-state index contributed by atoms with van der Waals surface area (Å²) >= 11 is 0. The third kappa shape index (κ3) is 46.5. The van der Waals surface area contributed by atoms with E-state index in [1.54, 1.807) is 6.08 Å². The van der Waals surface area contributed by atoms with Gasteiger partial charge in [-0.25, -0.2) is 0 Å². The maximum atomic E-state index is 13.1. The molecule has 1 aliphatic rings. The first-order valence-corrected chi connectivity index (χ1v) is 33.1. The fourth-order valence-electron chi connectivity index (χ4n) is 10.1. The lowest BCUT2D eigenvalue weighted by Gasteiger charge is -2.40. The Balaban J connectivity index is 2.08. The van der Waals surface area contributed by atoms with E-state index in [0.717, 1.165) is 83.5 Å². The van der Waals surface area contributed by atoms with E-state index in [9.17, 15) is 35.1 Å². The fraction of sp³-hybridized carbons (Fsp3) is 0.824. The Labute approximate surface area is 484 Å². The Bertz CT molecular complexity index is 1500. The van der Waals surface area contributed by atoms with Crippen LogP contribution in [-0.4, -0.2) is 100 Å². The zero-order valence-corrected chi connectivity index (χ0v) is 50.8. The second-order valence-electron chi connectivity index (χ2n) is 22.8. The maximum absolute atomic E-state index is 13.1. The van der Waals surface area contributed by atoms with Crippen LogP contribution in [0.5, 0.6) is 0 Å². The van der Waals surface area contributed by atoms with Crippen LogP contribution < -0.4 is 5.32 Å². The van der Waals surface area contributed by atoms with Crippen LogP contribution in [-0.2, 0) is 23.8 Å². The first-order valence-electron chi connectivity index (χ1n) is 33.1. The molecule has 0 spiro atoms. The average molecular weight is 1110 g/mol. The van der Waals surface area contributed by atoms with Crippen molar-refractivity contribution in [1.29, 1.82) is 0 Å². The SMILES string of the molecule is CCCC/C=C\CCCCCCCC(=O)OCCCCCCCCCCC/C=C\C/C=C\CCCCCCCCCCCC(=O)NC(COC1OC(CO)C(O)C(O)C1O)C(O)/C=C/CC/C=C/CCCCCCCCCCC. The van der Waals surface area contributed by atoms with Gasteiger partial charge < -0.3 is 45.1 Å². The molecule has 7 atom stereocenters. The first kappa shape index (κ1) is 74.4. The van der Waals surface area contributed by atoms with Crippen molar-refractivity contribution < 1.29 is 49.3 Å². The van der Waals surface area contributed by atoms with Crippen molar-refractivity contribution in [3.63, 3.8) is 0 Å². The summed E-state index contributed by atoms with van der Waals surface area (Å²) in [7, 11) is 0. The number of aliphatic hydroxyl groups is 5. The van der Waals surface area contributed by atoms with E-state index in [1.807, 2.05) is 6.08 Å². The molecule has 0 radical (unpaired) electrons. The minimum absolute atomic E-state index is 0.0135. The third-order valence-electron chi connectivity index (χ3n) is 15.3. The lowest BCUT2D eigenvalue weighted by Crippen LogP contribution is -2.60. The molecule has 1 rings (SSSR count). The standard InChI is InChI=1S/C68H123NO10/c1-3-5-7-9-11-13-15-16-28-31-35-38-42-46-50-54-61(71)60(59-78-68-67(76)66(75)65(74)62(58-70)79-68)69-63(72)55-51-47-43-39-36-32-29-26-24-22-20-18-17-19-21-23-25-27-30-33-37-41-45-49-53-57-77-64(73)56-52-48-44-40-34-14-12-10-8-6-4-2/h10,12,18-21,35,38,50,54,60-62,65-68,70-71,74-76H,3-9,11,13-17,22-34,36-37,39-49,51-53,55-59H2,1-2H3,(H,69,72)/b12-10-,20-18-,21-19-,38-35+,54-50+. The van der Waals surface area contributed by atoms with E-state index in [1.165, 1.54) is 186 Å². The number of allylic oxidation sites excluding steroid dienone is 9. The molecule has 7 unspecified atom stereocenters. The predicted octanol–water partition coefficient (Wildman–Crippen LogP) is 16.2. The van der Waals surface area contributed by atoms with Gasteiger partial charge in [-0.3, -0.25) is 9.59 Å². The van der Waals surface area contributed by atoms with Crippen molar-refractivity contribution >= 4 is 11.9 Å². The highest BCUT2D eigenvalue weighted by Gasteiger charge is 2.44.